The lowest BCUT2D eigenvalue weighted by atomic mass is 10.1. The highest BCUT2D eigenvalue weighted by Crippen LogP contribution is 2.34. The third-order valence-corrected chi connectivity index (χ3v) is 6.32. The second kappa shape index (κ2) is 8.01. The maximum absolute atomic E-state index is 12.9. The fourth-order valence-electron chi connectivity index (χ4n) is 3.81. The van der Waals surface area contributed by atoms with Crippen molar-refractivity contribution in [2.24, 2.45) is 0 Å². The average molecular weight is 445 g/mol. The SMILES string of the molecule is Cc1cnc2c(NC(=O)c3csc(-c4cccnc4)n3)cccc2c1N1CCN(C)C1=O. The molecule has 0 atom stereocenters. The van der Waals surface area contributed by atoms with Crippen LogP contribution in [0.2, 0.25) is 0 Å². The quantitative estimate of drug-likeness (QED) is 0.510. The number of carbonyl (C=O) groups excluding carboxylic acids is 2. The Labute approximate surface area is 188 Å². The Morgan fingerprint density at radius 1 is 1.16 bits per heavy atom. The van der Waals surface area contributed by atoms with E-state index in [-0.39, 0.29) is 11.9 Å². The summed E-state index contributed by atoms with van der Waals surface area (Å²) in [4.78, 5) is 42.1. The van der Waals surface area contributed by atoms with E-state index in [4.69, 9.17) is 0 Å². The predicted molar refractivity (Wildman–Crippen MR) is 125 cm³/mol. The molecule has 1 N–H and O–H groups in total. The third kappa shape index (κ3) is 3.46. The molecule has 3 amide bonds. The zero-order chi connectivity index (χ0) is 22.2. The first kappa shape index (κ1) is 20.1. The Bertz CT molecular complexity index is 1340. The van der Waals surface area contributed by atoms with Crippen molar-refractivity contribution in [3.8, 4) is 10.6 Å². The van der Waals surface area contributed by atoms with Gasteiger partial charge in [0.2, 0.25) is 0 Å². The first-order valence-corrected chi connectivity index (χ1v) is 11.0. The fourth-order valence-corrected chi connectivity index (χ4v) is 4.60. The molecule has 1 aromatic carbocycles. The van der Waals surface area contributed by atoms with E-state index in [2.05, 4.69) is 20.3 Å². The number of aryl methyl sites for hydroxylation is 1. The number of nitrogens with one attached hydrogen (secondary N) is 1. The molecule has 8 nitrogen and oxygen atoms in total. The Hall–Kier alpha value is -3.85. The number of para-hydroxylation sites is 1. The number of hydrogen-bond acceptors (Lipinski definition) is 6. The van der Waals surface area contributed by atoms with Crippen LogP contribution in [-0.4, -0.2) is 51.9 Å². The molecule has 0 radical (unpaired) electrons. The van der Waals surface area contributed by atoms with E-state index in [1.165, 1.54) is 11.3 Å². The molecule has 0 saturated carbocycles. The van der Waals surface area contributed by atoms with E-state index in [1.54, 1.807) is 46.9 Å². The number of amides is 3. The van der Waals surface area contributed by atoms with Gasteiger partial charge in [-0.15, -0.1) is 11.3 Å². The molecule has 5 rings (SSSR count). The number of pyridine rings is 2. The van der Waals surface area contributed by atoms with Gasteiger partial charge in [-0.05, 0) is 30.7 Å². The number of rotatable bonds is 4. The summed E-state index contributed by atoms with van der Waals surface area (Å²) in [5.41, 5.74) is 4.13. The lowest BCUT2D eigenvalue weighted by Gasteiger charge is -2.21. The van der Waals surface area contributed by atoms with Crippen LogP contribution in [-0.2, 0) is 0 Å². The lowest BCUT2D eigenvalue weighted by Crippen LogP contribution is -2.30. The molecule has 9 heteroatoms. The molecule has 1 aliphatic heterocycles. The van der Waals surface area contributed by atoms with Gasteiger partial charge in [0.05, 0.1) is 16.9 Å². The number of urea groups is 1. The van der Waals surface area contributed by atoms with Crippen molar-refractivity contribution in [2.45, 2.75) is 6.92 Å². The molecule has 4 aromatic rings. The number of nitrogens with zero attached hydrogens (tertiary/aromatic N) is 5. The first-order valence-electron chi connectivity index (χ1n) is 10.1. The van der Waals surface area contributed by atoms with E-state index in [0.717, 1.165) is 27.2 Å². The minimum absolute atomic E-state index is 0.0413. The van der Waals surface area contributed by atoms with Crippen LogP contribution >= 0.6 is 11.3 Å². The monoisotopic (exact) mass is 444 g/mol. The molecule has 0 spiro atoms. The van der Waals surface area contributed by atoms with Crippen LogP contribution in [0, 0.1) is 6.92 Å². The number of carbonyl (C=O) groups is 2. The van der Waals surface area contributed by atoms with Crippen molar-refractivity contribution in [1.29, 1.82) is 0 Å². The highest BCUT2D eigenvalue weighted by molar-refractivity contribution is 7.13. The Morgan fingerprint density at radius 3 is 2.78 bits per heavy atom. The maximum atomic E-state index is 12.9. The molecule has 4 heterocycles. The summed E-state index contributed by atoms with van der Waals surface area (Å²) in [6.45, 7) is 3.22. The van der Waals surface area contributed by atoms with Crippen molar-refractivity contribution in [3.05, 3.63) is 65.6 Å². The number of benzene rings is 1. The summed E-state index contributed by atoms with van der Waals surface area (Å²) in [5, 5.41) is 6.21. The normalized spacial score (nSPS) is 13.8. The van der Waals surface area contributed by atoms with Gasteiger partial charge in [-0.25, -0.2) is 9.78 Å². The van der Waals surface area contributed by atoms with Gasteiger partial charge in [-0.3, -0.25) is 19.7 Å². The second-order valence-corrected chi connectivity index (χ2v) is 8.44. The minimum Gasteiger partial charge on any atom is -0.326 e. The molecule has 1 saturated heterocycles. The average Bonchev–Trinajstić information content (AvgIpc) is 3.42. The molecular weight excluding hydrogens is 424 g/mol. The van der Waals surface area contributed by atoms with E-state index >= 15 is 0 Å². The molecule has 0 unspecified atom stereocenters. The van der Waals surface area contributed by atoms with Gasteiger partial charge < -0.3 is 10.2 Å². The van der Waals surface area contributed by atoms with Gasteiger partial charge in [0.25, 0.3) is 5.91 Å². The highest BCUT2D eigenvalue weighted by Gasteiger charge is 2.29. The standard InChI is InChI=1S/C23H20N6O2S/c1-14-11-25-19-16(20(14)29-10-9-28(2)23(29)31)6-3-7-17(19)26-21(30)18-13-32-22(27-18)15-5-4-8-24-12-15/h3-8,11-13H,9-10H2,1-2H3,(H,26,30). The Morgan fingerprint density at radius 2 is 2.03 bits per heavy atom. The van der Waals surface area contributed by atoms with Gasteiger partial charge in [-0.2, -0.15) is 0 Å². The highest BCUT2D eigenvalue weighted by atomic mass is 32.1. The third-order valence-electron chi connectivity index (χ3n) is 5.43. The van der Waals surface area contributed by atoms with Gasteiger partial charge in [0.15, 0.2) is 0 Å². The summed E-state index contributed by atoms with van der Waals surface area (Å²) >= 11 is 1.39. The molecule has 160 valence electrons. The van der Waals surface area contributed by atoms with Crippen molar-refractivity contribution >= 4 is 45.6 Å². The smallest absolute Gasteiger partial charge is 0.324 e. The van der Waals surface area contributed by atoms with Gasteiger partial charge in [0.1, 0.15) is 10.7 Å². The molecule has 1 aliphatic rings. The van der Waals surface area contributed by atoms with E-state index < -0.39 is 0 Å². The summed E-state index contributed by atoms with van der Waals surface area (Å²) in [6, 6.07) is 9.28. The topological polar surface area (TPSA) is 91.3 Å². The molecule has 1 fully saturated rings. The number of thiazole rings is 1. The summed E-state index contributed by atoms with van der Waals surface area (Å²) in [7, 11) is 1.79. The van der Waals surface area contributed by atoms with E-state index in [9.17, 15) is 9.59 Å². The van der Waals surface area contributed by atoms with Crippen molar-refractivity contribution in [2.75, 3.05) is 30.4 Å². The fraction of sp³-hybridized carbons (Fsp3) is 0.174. The number of hydrogen-bond donors (Lipinski definition) is 1. The van der Waals surface area contributed by atoms with Crippen LogP contribution in [0.4, 0.5) is 16.2 Å². The van der Waals surface area contributed by atoms with Crippen LogP contribution in [0.5, 0.6) is 0 Å². The summed E-state index contributed by atoms with van der Waals surface area (Å²) in [6.07, 6.45) is 5.15. The van der Waals surface area contributed by atoms with Gasteiger partial charge >= 0.3 is 6.03 Å². The maximum Gasteiger partial charge on any atom is 0.324 e. The molecular formula is C23H20N6O2S. The lowest BCUT2D eigenvalue weighted by molar-refractivity contribution is 0.102. The van der Waals surface area contributed by atoms with Gasteiger partial charge in [0, 0.05) is 55.1 Å². The van der Waals surface area contributed by atoms with Crippen molar-refractivity contribution < 1.29 is 9.59 Å². The number of anilines is 2. The van der Waals surface area contributed by atoms with Crippen LogP contribution in [0.3, 0.4) is 0 Å². The van der Waals surface area contributed by atoms with Crippen LogP contribution in [0.25, 0.3) is 21.5 Å². The number of likely N-dealkylation sites (N-methyl/N-ethyl adjacent to an activating group) is 1. The first-order chi connectivity index (χ1) is 15.5. The minimum atomic E-state index is -0.315. The van der Waals surface area contributed by atoms with E-state index in [1.807, 2.05) is 31.2 Å². The Balaban J connectivity index is 1.48. The van der Waals surface area contributed by atoms with Crippen LogP contribution < -0.4 is 10.2 Å². The largest absolute Gasteiger partial charge is 0.326 e. The summed E-state index contributed by atoms with van der Waals surface area (Å²) < 4.78 is 0. The molecule has 3 aromatic heterocycles. The predicted octanol–water partition coefficient (Wildman–Crippen LogP) is 4.19. The summed E-state index contributed by atoms with van der Waals surface area (Å²) in [5.74, 6) is -0.315. The van der Waals surface area contributed by atoms with Crippen LogP contribution in [0.15, 0.2) is 54.3 Å². The number of fused-ring (bicyclic) bond motifs is 1. The van der Waals surface area contributed by atoms with Crippen LogP contribution in [0.1, 0.15) is 16.1 Å². The Kier molecular flexibility index (Phi) is 5.02. The van der Waals surface area contributed by atoms with E-state index in [0.29, 0.717) is 30.0 Å². The van der Waals surface area contributed by atoms with Crippen molar-refractivity contribution in [1.82, 2.24) is 19.9 Å². The number of aromatic nitrogens is 3. The van der Waals surface area contributed by atoms with Crippen molar-refractivity contribution in [3.63, 3.8) is 0 Å². The zero-order valence-electron chi connectivity index (χ0n) is 17.6. The molecule has 32 heavy (non-hydrogen) atoms. The zero-order valence-corrected chi connectivity index (χ0v) is 18.4. The second-order valence-electron chi connectivity index (χ2n) is 7.58. The molecule has 0 aliphatic carbocycles. The van der Waals surface area contributed by atoms with Gasteiger partial charge in [-0.1, -0.05) is 12.1 Å². The molecule has 0 bridgehead atoms.